The molecule has 2 aromatic rings. The van der Waals surface area contributed by atoms with E-state index in [0.717, 1.165) is 22.1 Å². The number of nitrogens with one attached hydrogen (secondary N) is 1. The molecule has 1 saturated heterocycles. The standard InChI is InChI=1S/C18H17F3N2OS/c1-9-8-25-10(2)15(9)11-5-12-14-7-22-3-4-23(14)17(24)16(12)13(6-11)18(19,20)21/h5-6,8,14,22H,3-4,7H2,1-2H3/t14-/m0/s1. The average molecular weight is 366 g/mol. The molecule has 0 bridgehead atoms. The van der Waals surface area contributed by atoms with Gasteiger partial charge >= 0.3 is 6.18 Å². The third-order valence-corrected chi connectivity index (χ3v) is 6.03. The zero-order valence-corrected chi connectivity index (χ0v) is 14.6. The van der Waals surface area contributed by atoms with Gasteiger partial charge < -0.3 is 10.2 Å². The van der Waals surface area contributed by atoms with E-state index in [2.05, 4.69) is 5.32 Å². The van der Waals surface area contributed by atoms with Gasteiger partial charge in [0.15, 0.2) is 0 Å². The average Bonchev–Trinajstić information content (AvgIpc) is 3.04. The highest BCUT2D eigenvalue weighted by molar-refractivity contribution is 7.10. The highest BCUT2D eigenvalue weighted by Gasteiger charge is 2.45. The molecule has 2 aliphatic rings. The van der Waals surface area contributed by atoms with Gasteiger partial charge in [-0.2, -0.15) is 13.2 Å². The Hall–Kier alpha value is -1.86. The number of hydrogen-bond donors (Lipinski definition) is 1. The van der Waals surface area contributed by atoms with Crippen molar-refractivity contribution < 1.29 is 18.0 Å². The fourth-order valence-corrected chi connectivity index (χ4v) is 4.77. The largest absolute Gasteiger partial charge is 0.417 e. The summed E-state index contributed by atoms with van der Waals surface area (Å²) in [5.74, 6) is -0.501. The number of alkyl halides is 3. The van der Waals surface area contributed by atoms with E-state index < -0.39 is 17.6 Å². The SMILES string of the molecule is Cc1csc(C)c1-c1cc2c(c(C(F)(F)F)c1)C(=O)N1CCNC[C@@H]21. The molecule has 1 N–H and O–H groups in total. The number of benzene rings is 1. The Morgan fingerprint density at radius 3 is 2.64 bits per heavy atom. The van der Waals surface area contributed by atoms with Gasteiger partial charge in [0, 0.05) is 24.5 Å². The van der Waals surface area contributed by atoms with Crippen LogP contribution in [0.15, 0.2) is 17.5 Å². The molecule has 0 spiro atoms. The van der Waals surface area contributed by atoms with Crippen LogP contribution in [0.3, 0.4) is 0 Å². The molecular formula is C18H17F3N2OS. The van der Waals surface area contributed by atoms with E-state index in [-0.39, 0.29) is 11.6 Å². The Bertz CT molecular complexity index is 852. The Balaban J connectivity index is 1.99. The number of amides is 1. The van der Waals surface area contributed by atoms with Gasteiger partial charge in [0.1, 0.15) is 0 Å². The van der Waals surface area contributed by atoms with Crippen molar-refractivity contribution in [3.8, 4) is 11.1 Å². The molecule has 1 fully saturated rings. The molecular weight excluding hydrogens is 349 g/mol. The summed E-state index contributed by atoms with van der Waals surface area (Å²) >= 11 is 1.52. The third kappa shape index (κ3) is 2.48. The molecule has 7 heteroatoms. The maximum absolute atomic E-state index is 13.7. The first-order chi connectivity index (χ1) is 11.8. The number of carbonyl (C=O) groups is 1. The first-order valence-electron chi connectivity index (χ1n) is 8.11. The lowest BCUT2D eigenvalue weighted by Crippen LogP contribution is -2.44. The van der Waals surface area contributed by atoms with Gasteiger partial charge in [-0.1, -0.05) is 0 Å². The summed E-state index contributed by atoms with van der Waals surface area (Å²) in [5.41, 5.74) is 1.85. The van der Waals surface area contributed by atoms with Crippen molar-refractivity contribution in [2.24, 2.45) is 0 Å². The van der Waals surface area contributed by atoms with Crippen molar-refractivity contribution in [1.29, 1.82) is 0 Å². The number of halogens is 3. The van der Waals surface area contributed by atoms with Crippen LogP contribution >= 0.6 is 11.3 Å². The van der Waals surface area contributed by atoms with Crippen LogP contribution in [-0.2, 0) is 6.18 Å². The molecule has 1 amide bonds. The second-order valence-electron chi connectivity index (χ2n) is 6.55. The Kier molecular flexibility index (Phi) is 3.70. The van der Waals surface area contributed by atoms with Crippen molar-refractivity contribution in [3.63, 3.8) is 0 Å². The van der Waals surface area contributed by atoms with E-state index in [1.165, 1.54) is 11.3 Å². The number of carbonyl (C=O) groups excluding carboxylic acids is 1. The van der Waals surface area contributed by atoms with Gasteiger partial charge in [-0.05, 0) is 53.6 Å². The molecule has 1 atom stereocenters. The monoisotopic (exact) mass is 366 g/mol. The number of thiophene rings is 1. The Morgan fingerprint density at radius 1 is 1.24 bits per heavy atom. The maximum Gasteiger partial charge on any atom is 0.417 e. The number of piperazine rings is 1. The number of nitrogens with zero attached hydrogens (tertiary/aromatic N) is 1. The third-order valence-electron chi connectivity index (χ3n) is 5.00. The Labute approximate surface area is 147 Å². The minimum absolute atomic E-state index is 0.171. The lowest BCUT2D eigenvalue weighted by Gasteiger charge is -2.30. The minimum Gasteiger partial charge on any atom is -0.329 e. The molecule has 3 nitrogen and oxygen atoms in total. The number of fused-ring (bicyclic) bond motifs is 3. The maximum atomic E-state index is 13.7. The van der Waals surface area contributed by atoms with Crippen molar-refractivity contribution in [1.82, 2.24) is 10.2 Å². The highest BCUT2D eigenvalue weighted by atomic mass is 32.1. The summed E-state index contributed by atoms with van der Waals surface area (Å²) in [6.45, 7) is 5.33. The predicted octanol–water partition coefficient (Wildman–Crippen LogP) is 4.15. The molecule has 25 heavy (non-hydrogen) atoms. The summed E-state index contributed by atoms with van der Waals surface area (Å²) < 4.78 is 41.2. The predicted molar refractivity (Wildman–Crippen MR) is 90.9 cm³/mol. The lowest BCUT2D eigenvalue weighted by atomic mass is 9.91. The molecule has 1 aromatic heterocycles. The molecule has 132 valence electrons. The number of aryl methyl sites for hydroxylation is 2. The van der Waals surface area contributed by atoms with E-state index in [1.54, 1.807) is 11.0 Å². The summed E-state index contributed by atoms with van der Waals surface area (Å²) in [6, 6.07) is 2.60. The van der Waals surface area contributed by atoms with Gasteiger partial charge in [0.25, 0.3) is 5.91 Å². The van der Waals surface area contributed by atoms with Crippen LogP contribution in [-0.4, -0.2) is 30.4 Å². The van der Waals surface area contributed by atoms with E-state index in [0.29, 0.717) is 30.8 Å². The quantitative estimate of drug-likeness (QED) is 0.822. The number of hydrogen-bond acceptors (Lipinski definition) is 3. The summed E-state index contributed by atoms with van der Waals surface area (Å²) in [7, 11) is 0. The zero-order chi connectivity index (χ0) is 17.9. The zero-order valence-electron chi connectivity index (χ0n) is 13.8. The molecule has 0 saturated carbocycles. The van der Waals surface area contributed by atoms with Crippen LogP contribution in [0.2, 0.25) is 0 Å². The second kappa shape index (κ2) is 5.57. The van der Waals surface area contributed by atoms with Gasteiger partial charge in [-0.25, -0.2) is 0 Å². The molecule has 3 heterocycles. The van der Waals surface area contributed by atoms with Crippen molar-refractivity contribution in [2.45, 2.75) is 26.1 Å². The Morgan fingerprint density at radius 2 is 2.00 bits per heavy atom. The van der Waals surface area contributed by atoms with Crippen LogP contribution in [0.1, 0.15) is 38.0 Å². The normalized spacial score (nSPS) is 20.0. The van der Waals surface area contributed by atoms with Gasteiger partial charge in [-0.3, -0.25) is 4.79 Å². The second-order valence-corrected chi connectivity index (χ2v) is 7.64. The van der Waals surface area contributed by atoms with Crippen molar-refractivity contribution >= 4 is 17.2 Å². The van der Waals surface area contributed by atoms with Gasteiger partial charge in [-0.15, -0.1) is 11.3 Å². The van der Waals surface area contributed by atoms with Crippen molar-refractivity contribution in [3.05, 3.63) is 44.6 Å². The van der Waals surface area contributed by atoms with Crippen LogP contribution in [0.5, 0.6) is 0 Å². The summed E-state index contributed by atoms with van der Waals surface area (Å²) in [6.07, 6.45) is -4.56. The van der Waals surface area contributed by atoms with Crippen LogP contribution in [0.25, 0.3) is 11.1 Å². The fourth-order valence-electron chi connectivity index (χ4n) is 3.91. The number of rotatable bonds is 1. The summed E-state index contributed by atoms with van der Waals surface area (Å²) in [4.78, 5) is 15.2. The smallest absolute Gasteiger partial charge is 0.329 e. The van der Waals surface area contributed by atoms with E-state index in [9.17, 15) is 18.0 Å². The van der Waals surface area contributed by atoms with Crippen LogP contribution in [0, 0.1) is 13.8 Å². The van der Waals surface area contributed by atoms with Gasteiger partial charge in [0.05, 0.1) is 17.2 Å². The molecule has 0 radical (unpaired) electrons. The van der Waals surface area contributed by atoms with Crippen LogP contribution < -0.4 is 5.32 Å². The first-order valence-corrected chi connectivity index (χ1v) is 8.99. The molecule has 1 aromatic carbocycles. The summed E-state index contributed by atoms with van der Waals surface area (Å²) in [5, 5.41) is 5.13. The topological polar surface area (TPSA) is 32.3 Å². The van der Waals surface area contributed by atoms with Crippen LogP contribution in [0.4, 0.5) is 13.2 Å². The molecule has 0 unspecified atom stereocenters. The van der Waals surface area contributed by atoms with Gasteiger partial charge in [0.2, 0.25) is 0 Å². The fraction of sp³-hybridized carbons (Fsp3) is 0.389. The molecule has 0 aliphatic carbocycles. The first kappa shape index (κ1) is 16.6. The van der Waals surface area contributed by atoms with E-state index in [4.69, 9.17) is 0 Å². The highest BCUT2D eigenvalue weighted by Crippen LogP contribution is 2.45. The molecule has 4 rings (SSSR count). The van der Waals surface area contributed by atoms with Crippen molar-refractivity contribution in [2.75, 3.05) is 19.6 Å². The lowest BCUT2D eigenvalue weighted by molar-refractivity contribution is -0.137. The van der Waals surface area contributed by atoms with E-state index >= 15 is 0 Å². The minimum atomic E-state index is -4.56. The molecule has 2 aliphatic heterocycles. The van der Waals surface area contributed by atoms with E-state index in [1.807, 2.05) is 19.2 Å².